The molecule has 0 saturated carbocycles. The Kier molecular flexibility index (Phi) is 5.18. The van der Waals surface area contributed by atoms with Crippen molar-refractivity contribution in [1.82, 2.24) is 5.06 Å². The summed E-state index contributed by atoms with van der Waals surface area (Å²) >= 11 is 0. The lowest BCUT2D eigenvalue weighted by atomic mass is 9.96. The van der Waals surface area contributed by atoms with Crippen molar-refractivity contribution in [3.63, 3.8) is 0 Å². The Morgan fingerprint density at radius 3 is 2.38 bits per heavy atom. The SMILES string of the molecule is NC(=O)N(O)CC1=Cc2cc(Oc3ccccc3)ccc2OC1c1ccccc1. The lowest BCUT2D eigenvalue weighted by Crippen LogP contribution is -2.36. The second-order valence-electron chi connectivity index (χ2n) is 6.64. The number of carbonyl (C=O) groups excluding carboxylic acids is 1. The molecule has 0 bridgehead atoms. The molecule has 0 aromatic heterocycles. The molecule has 1 aliphatic heterocycles. The minimum absolute atomic E-state index is 0.0713. The maximum Gasteiger partial charge on any atom is 0.338 e. The molecule has 29 heavy (non-hydrogen) atoms. The molecular formula is C23H20N2O4. The zero-order chi connectivity index (χ0) is 20.2. The highest BCUT2D eigenvalue weighted by atomic mass is 16.5. The fourth-order valence-corrected chi connectivity index (χ4v) is 3.20. The minimum Gasteiger partial charge on any atom is -0.481 e. The van der Waals surface area contributed by atoms with E-state index >= 15 is 0 Å². The Hall–Kier alpha value is -3.77. The van der Waals surface area contributed by atoms with E-state index in [9.17, 15) is 10.0 Å². The lowest BCUT2D eigenvalue weighted by Gasteiger charge is -2.29. The molecule has 3 N–H and O–H groups in total. The van der Waals surface area contributed by atoms with Crippen LogP contribution in [0.2, 0.25) is 0 Å². The normalized spacial score (nSPS) is 14.9. The number of nitrogens with two attached hydrogens (primary N) is 1. The quantitative estimate of drug-likeness (QED) is 0.487. The predicted molar refractivity (Wildman–Crippen MR) is 109 cm³/mol. The highest BCUT2D eigenvalue weighted by molar-refractivity contribution is 5.72. The zero-order valence-corrected chi connectivity index (χ0v) is 15.6. The van der Waals surface area contributed by atoms with E-state index in [1.165, 1.54) is 0 Å². The summed E-state index contributed by atoms with van der Waals surface area (Å²) in [6, 6.07) is 23.7. The van der Waals surface area contributed by atoms with Gasteiger partial charge in [-0.15, -0.1) is 0 Å². The summed E-state index contributed by atoms with van der Waals surface area (Å²) in [7, 11) is 0. The molecular weight excluding hydrogens is 368 g/mol. The Morgan fingerprint density at radius 1 is 1.00 bits per heavy atom. The van der Waals surface area contributed by atoms with Crippen LogP contribution in [0.5, 0.6) is 17.2 Å². The predicted octanol–water partition coefficient (Wildman–Crippen LogP) is 4.77. The number of rotatable bonds is 5. The largest absolute Gasteiger partial charge is 0.481 e. The number of carbonyl (C=O) groups is 1. The van der Waals surface area contributed by atoms with Crippen molar-refractivity contribution in [2.45, 2.75) is 6.10 Å². The summed E-state index contributed by atoms with van der Waals surface area (Å²) in [5.74, 6) is 2.07. The standard InChI is InChI=1S/C23H20N2O4/c24-23(26)25(27)15-18-13-17-14-20(28-19-9-5-2-6-10-19)11-12-21(17)29-22(18)16-7-3-1-4-8-16/h1-14,22,27H,15H2,(H2,24,26). The summed E-state index contributed by atoms with van der Waals surface area (Å²) in [6.45, 7) is -0.0713. The van der Waals surface area contributed by atoms with Crippen LogP contribution in [0.4, 0.5) is 4.79 Å². The average molecular weight is 388 g/mol. The van der Waals surface area contributed by atoms with E-state index in [2.05, 4.69) is 0 Å². The van der Waals surface area contributed by atoms with Crippen LogP contribution in [0, 0.1) is 0 Å². The Bertz CT molecular complexity index is 1040. The monoisotopic (exact) mass is 388 g/mol. The molecule has 3 aromatic rings. The van der Waals surface area contributed by atoms with Gasteiger partial charge in [-0.3, -0.25) is 5.21 Å². The van der Waals surface area contributed by atoms with E-state index in [4.69, 9.17) is 15.2 Å². The Labute approximate surface area is 168 Å². The van der Waals surface area contributed by atoms with Gasteiger partial charge in [-0.05, 0) is 47.5 Å². The van der Waals surface area contributed by atoms with Crippen LogP contribution in [-0.4, -0.2) is 22.8 Å². The average Bonchev–Trinajstić information content (AvgIpc) is 2.74. The number of urea groups is 1. The van der Waals surface area contributed by atoms with Gasteiger partial charge in [-0.1, -0.05) is 48.5 Å². The fraction of sp³-hybridized carbons (Fsp3) is 0.0870. The number of hydrogen-bond acceptors (Lipinski definition) is 4. The number of primary amides is 1. The summed E-state index contributed by atoms with van der Waals surface area (Å²) in [5, 5.41) is 10.4. The fourth-order valence-electron chi connectivity index (χ4n) is 3.20. The Balaban J connectivity index is 1.68. The summed E-state index contributed by atoms with van der Waals surface area (Å²) < 4.78 is 12.1. The highest BCUT2D eigenvalue weighted by Gasteiger charge is 2.27. The van der Waals surface area contributed by atoms with Gasteiger partial charge in [-0.25, -0.2) is 9.86 Å². The van der Waals surface area contributed by atoms with Crippen molar-refractivity contribution in [2.24, 2.45) is 5.73 Å². The molecule has 1 unspecified atom stereocenters. The van der Waals surface area contributed by atoms with E-state index in [1.807, 2.05) is 84.9 Å². The van der Waals surface area contributed by atoms with E-state index in [0.717, 1.165) is 16.9 Å². The molecule has 0 spiro atoms. The van der Waals surface area contributed by atoms with Crippen molar-refractivity contribution < 1.29 is 19.5 Å². The van der Waals surface area contributed by atoms with Crippen molar-refractivity contribution in [3.8, 4) is 17.2 Å². The second-order valence-corrected chi connectivity index (χ2v) is 6.64. The number of hydroxylamine groups is 2. The smallest absolute Gasteiger partial charge is 0.338 e. The van der Waals surface area contributed by atoms with Gasteiger partial charge in [0.25, 0.3) is 0 Å². The van der Waals surface area contributed by atoms with Crippen LogP contribution in [-0.2, 0) is 0 Å². The van der Waals surface area contributed by atoms with Crippen LogP contribution in [0.15, 0.2) is 84.4 Å². The third-order valence-electron chi connectivity index (χ3n) is 4.57. The minimum atomic E-state index is -0.926. The van der Waals surface area contributed by atoms with Gasteiger partial charge in [0.1, 0.15) is 23.4 Å². The first-order valence-electron chi connectivity index (χ1n) is 9.15. The van der Waals surface area contributed by atoms with Gasteiger partial charge in [-0.2, -0.15) is 0 Å². The molecule has 146 valence electrons. The number of nitrogens with zero attached hydrogens (tertiary/aromatic N) is 1. The first kappa shape index (κ1) is 18.6. The maximum atomic E-state index is 11.3. The molecule has 0 aliphatic carbocycles. The first-order chi connectivity index (χ1) is 14.1. The molecule has 0 saturated heterocycles. The summed E-state index contributed by atoms with van der Waals surface area (Å²) in [4.78, 5) is 11.3. The van der Waals surface area contributed by atoms with E-state index in [1.54, 1.807) is 0 Å². The topological polar surface area (TPSA) is 85.0 Å². The summed E-state index contributed by atoms with van der Waals surface area (Å²) in [6.07, 6.45) is 1.44. The zero-order valence-electron chi connectivity index (χ0n) is 15.6. The third kappa shape index (κ3) is 4.23. The van der Waals surface area contributed by atoms with Crippen molar-refractivity contribution in [2.75, 3.05) is 6.54 Å². The van der Waals surface area contributed by atoms with Gasteiger partial charge in [0.15, 0.2) is 0 Å². The molecule has 6 nitrogen and oxygen atoms in total. The van der Waals surface area contributed by atoms with E-state index < -0.39 is 12.1 Å². The van der Waals surface area contributed by atoms with Gasteiger partial charge < -0.3 is 15.2 Å². The van der Waals surface area contributed by atoms with Crippen LogP contribution in [0.3, 0.4) is 0 Å². The lowest BCUT2D eigenvalue weighted by molar-refractivity contribution is -0.0341. The maximum absolute atomic E-state index is 11.3. The van der Waals surface area contributed by atoms with E-state index in [0.29, 0.717) is 22.1 Å². The Morgan fingerprint density at radius 2 is 1.69 bits per heavy atom. The number of benzene rings is 3. The van der Waals surface area contributed by atoms with E-state index in [-0.39, 0.29) is 6.54 Å². The molecule has 6 heteroatoms. The van der Waals surface area contributed by atoms with Crippen LogP contribution < -0.4 is 15.2 Å². The number of hydrogen-bond donors (Lipinski definition) is 2. The molecule has 1 heterocycles. The molecule has 0 radical (unpaired) electrons. The van der Waals surface area contributed by atoms with Crippen molar-refractivity contribution in [3.05, 3.63) is 95.6 Å². The van der Waals surface area contributed by atoms with Crippen LogP contribution in [0.25, 0.3) is 6.08 Å². The second kappa shape index (κ2) is 8.08. The molecule has 4 rings (SSSR count). The number of para-hydroxylation sites is 1. The third-order valence-corrected chi connectivity index (χ3v) is 4.57. The van der Waals surface area contributed by atoms with Crippen molar-refractivity contribution >= 4 is 12.1 Å². The molecule has 0 fully saturated rings. The summed E-state index contributed by atoms with van der Waals surface area (Å²) in [5.41, 5.74) is 7.59. The molecule has 2 amide bonds. The number of amides is 2. The molecule has 1 atom stereocenters. The number of ether oxygens (including phenoxy) is 2. The first-order valence-corrected chi connectivity index (χ1v) is 9.15. The van der Waals surface area contributed by atoms with Gasteiger partial charge in [0.05, 0.1) is 6.54 Å². The molecule has 3 aromatic carbocycles. The van der Waals surface area contributed by atoms with Gasteiger partial charge >= 0.3 is 6.03 Å². The molecule has 1 aliphatic rings. The van der Waals surface area contributed by atoms with Crippen molar-refractivity contribution in [1.29, 1.82) is 0 Å². The van der Waals surface area contributed by atoms with Gasteiger partial charge in [0.2, 0.25) is 0 Å². The highest BCUT2D eigenvalue weighted by Crippen LogP contribution is 2.39. The number of fused-ring (bicyclic) bond motifs is 1. The van der Waals surface area contributed by atoms with Gasteiger partial charge in [0, 0.05) is 5.56 Å². The van der Waals surface area contributed by atoms with Crippen LogP contribution >= 0.6 is 0 Å². The van der Waals surface area contributed by atoms with Crippen LogP contribution in [0.1, 0.15) is 17.2 Å².